The van der Waals surface area contributed by atoms with E-state index in [-0.39, 0.29) is 17.2 Å². The molecule has 9 heteroatoms. The first-order valence-electron chi connectivity index (χ1n) is 11.4. The number of fused-ring (bicyclic) bond motifs is 1. The molecule has 33 heavy (non-hydrogen) atoms. The van der Waals surface area contributed by atoms with Gasteiger partial charge in [0.1, 0.15) is 5.82 Å². The van der Waals surface area contributed by atoms with Crippen LogP contribution in [0.5, 0.6) is 0 Å². The second kappa shape index (κ2) is 10.2. The second-order valence-corrected chi connectivity index (χ2v) is 10.7. The van der Waals surface area contributed by atoms with Gasteiger partial charge in [-0.25, -0.2) is 13.4 Å². The summed E-state index contributed by atoms with van der Waals surface area (Å²) in [5, 5.41) is 3.43. The zero-order chi connectivity index (χ0) is 23.4. The minimum absolute atomic E-state index is 0.122. The maximum atomic E-state index is 13.0. The van der Waals surface area contributed by atoms with E-state index in [1.807, 2.05) is 6.07 Å². The smallest absolute Gasteiger partial charge is 0.243 e. The molecule has 1 fully saturated rings. The number of aromatic nitrogens is 2. The topological polar surface area (TPSA) is 84.3 Å². The molecule has 0 bridgehead atoms. The van der Waals surface area contributed by atoms with Crippen molar-refractivity contribution in [2.75, 3.05) is 18.4 Å². The molecule has 0 aliphatic carbocycles. The molecule has 1 aliphatic rings. The Labute approximate surface area is 199 Å². The zero-order valence-corrected chi connectivity index (χ0v) is 20.3. The molecule has 1 amide bonds. The van der Waals surface area contributed by atoms with Gasteiger partial charge in [-0.3, -0.25) is 4.79 Å². The molecular formula is C24H29ClN4O3S. The van der Waals surface area contributed by atoms with Crippen molar-refractivity contribution in [1.82, 2.24) is 13.9 Å². The lowest BCUT2D eigenvalue weighted by molar-refractivity contribution is -0.116. The Bertz CT molecular complexity index is 1250. The van der Waals surface area contributed by atoms with Gasteiger partial charge in [0.05, 0.1) is 15.9 Å². The van der Waals surface area contributed by atoms with E-state index in [1.165, 1.54) is 0 Å². The number of anilines is 1. The molecule has 176 valence electrons. The van der Waals surface area contributed by atoms with Crippen molar-refractivity contribution in [2.24, 2.45) is 0 Å². The largest absolute Gasteiger partial charge is 0.328 e. The lowest BCUT2D eigenvalue weighted by Gasteiger charge is -2.15. The normalized spacial score (nSPS) is 14.7. The molecular weight excluding hydrogens is 460 g/mol. The summed E-state index contributed by atoms with van der Waals surface area (Å²) in [6.07, 6.45) is 4.51. The van der Waals surface area contributed by atoms with Gasteiger partial charge in [-0.05, 0) is 55.7 Å². The Hall–Kier alpha value is -2.42. The minimum Gasteiger partial charge on any atom is -0.328 e. The van der Waals surface area contributed by atoms with Gasteiger partial charge in [-0.1, -0.05) is 31.0 Å². The van der Waals surface area contributed by atoms with Crippen LogP contribution in [0.1, 0.15) is 44.9 Å². The number of halogens is 1. The van der Waals surface area contributed by atoms with Gasteiger partial charge < -0.3 is 9.88 Å². The van der Waals surface area contributed by atoms with E-state index < -0.39 is 10.0 Å². The average molecular weight is 489 g/mol. The average Bonchev–Trinajstić information content (AvgIpc) is 3.44. The van der Waals surface area contributed by atoms with Crippen LogP contribution >= 0.6 is 11.6 Å². The number of benzene rings is 2. The number of carbonyl (C=O) groups is 1. The standard InChI is InChI=1S/C24H29ClN4O3S/c1-2-3-15-29-22-10-9-20(33(31,32)28-13-4-5-14-28)17-21(22)27-23(29)11-12-24(30)26-19-8-6-7-18(25)16-19/h6-10,16-17H,2-5,11-15H2,1H3,(H,26,30). The number of hydrogen-bond acceptors (Lipinski definition) is 4. The van der Waals surface area contributed by atoms with Crippen LogP contribution in [-0.2, 0) is 27.8 Å². The van der Waals surface area contributed by atoms with E-state index >= 15 is 0 Å². The first-order chi connectivity index (χ1) is 15.9. The summed E-state index contributed by atoms with van der Waals surface area (Å²) in [4.78, 5) is 17.5. The van der Waals surface area contributed by atoms with Crippen molar-refractivity contribution in [3.05, 3.63) is 53.3 Å². The first kappa shape index (κ1) is 23.7. The lowest BCUT2D eigenvalue weighted by atomic mass is 10.2. The molecule has 4 rings (SSSR count). The van der Waals surface area contributed by atoms with E-state index in [1.54, 1.807) is 40.7 Å². The van der Waals surface area contributed by atoms with Crippen LogP contribution < -0.4 is 5.32 Å². The Morgan fingerprint density at radius 2 is 1.94 bits per heavy atom. The van der Waals surface area contributed by atoms with Gasteiger partial charge in [-0.2, -0.15) is 4.31 Å². The van der Waals surface area contributed by atoms with Gasteiger partial charge in [0.25, 0.3) is 0 Å². The molecule has 0 saturated carbocycles. The van der Waals surface area contributed by atoms with Crippen LogP contribution in [-0.4, -0.2) is 41.3 Å². The predicted octanol–water partition coefficient (Wildman–Crippen LogP) is 4.85. The summed E-state index contributed by atoms with van der Waals surface area (Å²) in [7, 11) is -3.51. The van der Waals surface area contributed by atoms with E-state index in [0.29, 0.717) is 35.7 Å². The summed E-state index contributed by atoms with van der Waals surface area (Å²) >= 11 is 5.99. The van der Waals surface area contributed by atoms with E-state index in [9.17, 15) is 13.2 Å². The molecule has 0 atom stereocenters. The number of carbonyl (C=O) groups excluding carboxylic acids is 1. The third-order valence-corrected chi connectivity index (χ3v) is 8.05. The van der Waals surface area contributed by atoms with Crippen LogP contribution in [0, 0.1) is 0 Å². The second-order valence-electron chi connectivity index (χ2n) is 8.35. The highest BCUT2D eigenvalue weighted by Crippen LogP contribution is 2.26. The van der Waals surface area contributed by atoms with Crippen LogP contribution in [0.15, 0.2) is 47.4 Å². The fraction of sp³-hybridized carbons (Fsp3) is 0.417. The zero-order valence-electron chi connectivity index (χ0n) is 18.8. The number of rotatable bonds is 9. The van der Waals surface area contributed by atoms with Crippen molar-refractivity contribution >= 4 is 44.3 Å². The molecule has 1 aliphatic heterocycles. The fourth-order valence-corrected chi connectivity index (χ4v) is 5.90. The van der Waals surface area contributed by atoms with Crippen molar-refractivity contribution in [3.63, 3.8) is 0 Å². The van der Waals surface area contributed by atoms with Crippen LogP contribution in [0.2, 0.25) is 5.02 Å². The highest BCUT2D eigenvalue weighted by atomic mass is 35.5. The Morgan fingerprint density at radius 3 is 2.67 bits per heavy atom. The first-order valence-corrected chi connectivity index (χ1v) is 13.2. The summed E-state index contributed by atoms with van der Waals surface area (Å²) < 4.78 is 29.6. The van der Waals surface area contributed by atoms with E-state index in [2.05, 4.69) is 16.8 Å². The number of amides is 1. The maximum absolute atomic E-state index is 13.0. The Balaban J connectivity index is 1.56. The van der Waals surface area contributed by atoms with Crippen molar-refractivity contribution in [1.29, 1.82) is 0 Å². The number of imidazole rings is 1. The molecule has 2 aromatic carbocycles. The van der Waals surface area contributed by atoms with Gasteiger partial charge in [0.15, 0.2) is 0 Å². The Kier molecular flexibility index (Phi) is 7.36. The van der Waals surface area contributed by atoms with Crippen molar-refractivity contribution in [3.8, 4) is 0 Å². The van der Waals surface area contributed by atoms with E-state index in [0.717, 1.165) is 43.6 Å². The third kappa shape index (κ3) is 5.39. The van der Waals surface area contributed by atoms with E-state index in [4.69, 9.17) is 16.6 Å². The molecule has 1 aromatic heterocycles. The molecule has 7 nitrogen and oxygen atoms in total. The number of hydrogen-bond donors (Lipinski definition) is 1. The van der Waals surface area contributed by atoms with Gasteiger partial charge in [-0.15, -0.1) is 0 Å². The van der Waals surface area contributed by atoms with Crippen LogP contribution in [0.3, 0.4) is 0 Å². The lowest BCUT2D eigenvalue weighted by Crippen LogP contribution is -2.27. The van der Waals surface area contributed by atoms with Crippen molar-refractivity contribution < 1.29 is 13.2 Å². The Morgan fingerprint density at radius 1 is 1.15 bits per heavy atom. The predicted molar refractivity (Wildman–Crippen MR) is 131 cm³/mol. The number of nitrogens with one attached hydrogen (secondary N) is 1. The maximum Gasteiger partial charge on any atom is 0.243 e. The number of nitrogens with zero attached hydrogens (tertiary/aromatic N) is 3. The molecule has 2 heterocycles. The number of aryl methyl sites for hydroxylation is 2. The molecule has 1 saturated heterocycles. The monoisotopic (exact) mass is 488 g/mol. The highest BCUT2D eigenvalue weighted by Gasteiger charge is 2.28. The molecule has 0 unspecified atom stereocenters. The van der Waals surface area contributed by atoms with Gasteiger partial charge in [0, 0.05) is 43.2 Å². The molecule has 1 N–H and O–H groups in total. The van der Waals surface area contributed by atoms with Crippen LogP contribution in [0.25, 0.3) is 11.0 Å². The molecule has 3 aromatic rings. The summed E-state index contributed by atoms with van der Waals surface area (Å²) in [6, 6.07) is 12.2. The highest BCUT2D eigenvalue weighted by molar-refractivity contribution is 7.89. The number of sulfonamides is 1. The summed E-state index contributed by atoms with van der Waals surface area (Å²) in [5.41, 5.74) is 2.20. The number of unbranched alkanes of at least 4 members (excludes halogenated alkanes) is 1. The molecule has 0 spiro atoms. The van der Waals surface area contributed by atoms with Gasteiger partial charge >= 0.3 is 0 Å². The summed E-state index contributed by atoms with van der Waals surface area (Å²) in [5.74, 6) is 0.666. The molecule has 0 radical (unpaired) electrons. The minimum atomic E-state index is -3.51. The SMILES string of the molecule is CCCCn1c(CCC(=O)Nc2cccc(Cl)c2)nc2cc(S(=O)(=O)N3CCCC3)ccc21. The van der Waals surface area contributed by atoms with Crippen LogP contribution in [0.4, 0.5) is 5.69 Å². The summed E-state index contributed by atoms with van der Waals surface area (Å²) in [6.45, 7) is 4.03. The quantitative estimate of drug-likeness (QED) is 0.466. The van der Waals surface area contributed by atoms with Gasteiger partial charge in [0.2, 0.25) is 15.9 Å². The van der Waals surface area contributed by atoms with Crippen molar-refractivity contribution in [2.45, 2.75) is 56.9 Å². The fourth-order valence-electron chi connectivity index (χ4n) is 4.17. The third-order valence-electron chi connectivity index (χ3n) is 5.92.